The largest absolute Gasteiger partial charge is 0.345 e. The smallest absolute Gasteiger partial charge is 0.272 e. The molecule has 0 bridgehead atoms. The first kappa shape index (κ1) is 19.6. The second-order valence-corrected chi connectivity index (χ2v) is 8.54. The average Bonchev–Trinajstić information content (AvgIpc) is 2.94. The molecule has 1 unspecified atom stereocenters. The van der Waals surface area contributed by atoms with Gasteiger partial charge in [-0.1, -0.05) is 24.3 Å². The molecule has 2 heterocycles. The number of amides is 1. The molecule has 1 atom stereocenters. The Morgan fingerprint density at radius 1 is 1.43 bits per heavy atom. The van der Waals surface area contributed by atoms with E-state index in [2.05, 4.69) is 22.7 Å². The minimum Gasteiger partial charge on any atom is -0.345 e. The first-order chi connectivity index (χ1) is 13.1. The Morgan fingerprint density at radius 2 is 2.14 bits per heavy atom. The number of rotatable bonds is 3. The van der Waals surface area contributed by atoms with Crippen LogP contribution in [0.1, 0.15) is 34.1 Å². The van der Waals surface area contributed by atoms with Gasteiger partial charge in [0.05, 0.1) is 17.2 Å². The van der Waals surface area contributed by atoms with Crippen molar-refractivity contribution in [1.29, 1.82) is 5.26 Å². The number of carbonyl (C=O) groups excluding carboxylic acids is 1. The maximum atomic E-state index is 12.9. The second-order valence-electron chi connectivity index (χ2n) is 6.89. The van der Waals surface area contributed by atoms with Gasteiger partial charge in [0, 0.05) is 24.5 Å². The standard InChI is InChI=1S/C20H20N4O3S/c1-5-20(3)9-8-16-17(28(26,27)23-20)12-24(4)18(16)19(25)22-15-7-6-13(2)14(10-15)11-21/h5-10,12,23H,1H2,2-4H3,(H,22,25). The first-order valence-corrected chi connectivity index (χ1v) is 9.97. The number of nitrogens with one attached hydrogen (secondary N) is 2. The molecule has 8 heteroatoms. The predicted octanol–water partition coefficient (Wildman–Crippen LogP) is 2.71. The predicted molar refractivity (Wildman–Crippen MR) is 107 cm³/mol. The molecule has 144 valence electrons. The minimum absolute atomic E-state index is 0.0172. The summed E-state index contributed by atoms with van der Waals surface area (Å²) in [5.41, 5.74) is 1.25. The van der Waals surface area contributed by atoms with Gasteiger partial charge in [0.25, 0.3) is 5.91 Å². The highest BCUT2D eigenvalue weighted by Gasteiger charge is 2.34. The van der Waals surface area contributed by atoms with E-state index in [0.29, 0.717) is 16.8 Å². The van der Waals surface area contributed by atoms with Gasteiger partial charge in [0.2, 0.25) is 10.0 Å². The van der Waals surface area contributed by atoms with Crippen molar-refractivity contribution in [1.82, 2.24) is 9.29 Å². The minimum atomic E-state index is -3.85. The van der Waals surface area contributed by atoms with E-state index in [1.165, 1.54) is 16.8 Å². The summed E-state index contributed by atoms with van der Waals surface area (Å²) in [5, 5.41) is 11.9. The molecule has 1 aromatic heterocycles. The molecule has 28 heavy (non-hydrogen) atoms. The van der Waals surface area contributed by atoms with Crippen LogP contribution < -0.4 is 10.0 Å². The van der Waals surface area contributed by atoms with E-state index < -0.39 is 21.5 Å². The highest BCUT2D eigenvalue weighted by molar-refractivity contribution is 7.89. The van der Waals surface area contributed by atoms with Crippen LogP contribution in [0.15, 0.2) is 48.0 Å². The van der Waals surface area contributed by atoms with Gasteiger partial charge in [-0.25, -0.2) is 8.42 Å². The van der Waals surface area contributed by atoms with Gasteiger partial charge < -0.3 is 9.88 Å². The fraction of sp³-hybridized carbons (Fsp3) is 0.200. The van der Waals surface area contributed by atoms with Crippen LogP contribution in [0.3, 0.4) is 0 Å². The Labute approximate surface area is 164 Å². The fourth-order valence-electron chi connectivity index (χ4n) is 3.03. The van der Waals surface area contributed by atoms with E-state index in [9.17, 15) is 13.2 Å². The van der Waals surface area contributed by atoms with Crippen LogP contribution in [0.4, 0.5) is 5.69 Å². The summed E-state index contributed by atoms with van der Waals surface area (Å²) in [6, 6.07) is 7.09. The van der Waals surface area contributed by atoms with Crippen LogP contribution in [0, 0.1) is 18.3 Å². The molecule has 0 fully saturated rings. The van der Waals surface area contributed by atoms with Crippen LogP contribution in [0.5, 0.6) is 0 Å². The molecule has 1 aliphatic heterocycles. The molecule has 2 aromatic rings. The Balaban J connectivity index is 2.07. The summed E-state index contributed by atoms with van der Waals surface area (Å²) >= 11 is 0. The number of sulfonamides is 1. The zero-order valence-corrected chi connectivity index (χ0v) is 16.6. The number of anilines is 1. The fourth-order valence-corrected chi connectivity index (χ4v) is 4.62. The Hall–Kier alpha value is -3.15. The summed E-state index contributed by atoms with van der Waals surface area (Å²) in [6.45, 7) is 7.16. The van der Waals surface area contributed by atoms with E-state index in [-0.39, 0.29) is 10.6 Å². The molecule has 0 radical (unpaired) electrons. The molecule has 1 amide bonds. The normalized spacial score (nSPS) is 19.9. The highest BCUT2D eigenvalue weighted by Crippen LogP contribution is 2.30. The van der Waals surface area contributed by atoms with Crippen LogP contribution >= 0.6 is 0 Å². The number of benzene rings is 1. The Bertz CT molecular complexity index is 1170. The van der Waals surface area contributed by atoms with Crippen molar-refractivity contribution in [2.24, 2.45) is 7.05 Å². The molecule has 1 aliphatic rings. The molecule has 1 aromatic carbocycles. The molecule has 0 saturated carbocycles. The van der Waals surface area contributed by atoms with E-state index in [1.807, 2.05) is 0 Å². The third kappa shape index (κ3) is 3.38. The van der Waals surface area contributed by atoms with Gasteiger partial charge in [0.1, 0.15) is 10.6 Å². The van der Waals surface area contributed by atoms with Crippen LogP contribution in [0.2, 0.25) is 0 Å². The molecular weight excluding hydrogens is 376 g/mol. The lowest BCUT2D eigenvalue weighted by Gasteiger charge is -2.21. The third-order valence-electron chi connectivity index (χ3n) is 4.68. The summed E-state index contributed by atoms with van der Waals surface area (Å²) in [4.78, 5) is 12.9. The van der Waals surface area contributed by atoms with Gasteiger partial charge in [-0.15, -0.1) is 6.58 Å². The van der Waals surface area contributed by atoms with E-state index in [0.717, 1.165) is 5.56 Å². The topological polar surface area (TPSA) is 104 Å². The summed E-state index contributed by atoms with van der Waals surface area (Å²) < 4.78 is 29.6. The summed E-state index contributed by atoms with van der Waals surface area (Å²) in [7, 11) is -2.24. The molecule has 0 saturated heterocycles. The lowest BCUT2D eigenvalue weighted by Crippen LogP contribution is -2.41. The molecule has 2 N–H and O–H groups in total. The van der Waals surface area contributed by atoms with E-state index in [1.54, 1.807) is 51.2 Å². The number of aryl methyl sites for hydroxylation is 2. The lowest BCUT2D eigenvalue weighted by molar-refractivity contribution is 0.101. The van der Waals surface area contributed by atoms with Gasteiger partial charge in [-0.2, -0.15) is 9.98 Å². The number of hydrogen-bond acceptors (Lipinski definition) is 4. The monoisotopic (exact) mass is 396 g/mol. The van der Waals surface area contributed by atoms with E-state index >= 15 is 0 Å². The van der Waals surface area contributed by atoms with Gasteiger partial charge in [0.15, 0.2) is 0 Å². The summed E-state index contributed by atoms with van der Waals surface area (Å²) in [6.07, 6.45) is 6.16. The summed E-state index contributed by atoms with van der Waals surface area (Å²) in [5.74, 6) is -0.474. The van der Waals surface area contributed by atoms with Crippen molar-refractivity contribution in [3.05, 3.63) is 65.5 Å². The maximum absolute atomic E-state index is 12.9. The Morgan fingerprint density at radius 3 is 2.79 bits per heavy atom. The number of fused-ring (bicyclic) bond motifs is 1. The van der Waals surface area contributed by atoms with Gasteiger partial charge in [-0.3, -0.25) is 4.79 Å². The van der Waals surface area contributed by atoms with Crippen LogP contribution in [-0.2, 0) is 17.1 Å². The quantitative estimate of drug-likeness (QED) is 0.779. The maximum Gasteiger partial charge on any atom is 0.272 e. The zero-order chi connectivity index (χ0) is 20.7. The second kappa shape index (κ2) is 6.78. The van der Waals surface area contributed by atoms with Crippen LogP contribution in [-0.4, -0.2) is 24.4 Å². The molecule has 3 rings (SSSR count). The van der Waals surface area contributed by atoms with Crippen LogP contribution in [0.25, 0.3) is 6.08 Å². The van der Waals surface area contributed by atoms with Crippen molar-refractivity contribution in [2.45, 2.75) is 24.3 Å². The van der Waals surface area contributed by atoms with Crippen molar-refractivity contribution in [3.63, 3.8) is 0 Å². The van der Waals surface area contributed by atoms with Gasteiger partial charge in [-0.05, 0) is 31.5 Å². The molecule has 7 nitrogen and oxygen atoms in total. The first-order valence-electron chi connectivity index (χ1n) is 8.48. The highest BCUT2D eigenvalue weighted by atomic mass is 32.2. The third-order valence-corrected chi connectivity index (χ3v) is 6.29. The Kier molecular flexibility index (Phi) is 4.75. The van der Waals surface area contributed by atoms with Crippen molar-refractivity contribution in [2.75, 3.05) is 5.32 Å². The number of aromatic nitrogens is 1. The number of carbonyl (C=O) groups is 1. The number of nitriles is 1. The SMILES string of the molecule is C=CC1(C)C=Cc2c(cn(C)c2C(=O)Nc2ccc(C)c(C#N)c2)S(=O)(=O)N1. The lowest BCUT2D eigenvalue weighted by atomic mass is 10.0. The number of nitrogens with zero attached hydrogens (tertiary/aromatic N) is 2. The van der Waals surface area contributed by atoms with Crippen molar-refractivity contribution < 1.29 is 13.2 Å². The number of hydrogen-bond donors (Lipinski definition) is 2. The molecular formula is C20H20N4O3S. The molecule has 0 aliphatic carbocycles. The molecule has 0 spiro atoms. The average molecular weight is 396 g/mol. The zero-order valence-electron chi connectivity index (χ0n) is 15.8. The van der Waals surface area contributed by atoms with E-state index in [4.69, 9.17) is 5.26 Å². The van der Waals surface area contributed by atoms with Crippen molar-refractivity contribution >= 4 is 27.7 Å². The van der Waals surface area contributed by atoms with Gasteiger partial charge >= 0.3 is 0 Å². The van der Waals surface area contributed by atoms with Crippen molar-refractivity contribution in [3.8, 4) is 6.07 Å².